The smallest absolute Gasteiger partial charge is 0.230 e. The Labute approximate surface area is 150 Å². The van der Waals surface area contributed by atoms with Gasteiger partial charge in [0.05, 0.1) is 5.41 Å². The molecule has 0 aliphatic carbocycles. The van der Waals surface area contributed by atoms with Gasteiger partial charge in [0.15, 0.2) is 0 Å². The van der Waals surface area contributed by atoms with Crippen molar-refractivity contribution in [3.05, 3.63) is 48.6 Å². The van der Waals surface area contributed by atoms with Crippen LogP contribution in [0.15, 0.2) is 43.0 Å². The van der Waals surface area contributed by atoms with Crippen molar-refractivity contribution in [1.82, 2.24) is 9.80 Å². The first-order valence-electron chi connectivity index (χ1n) is 9.37. The molecule has 0 saturated carbocycles. The summed E-state index contributed by atoms with van der Waals surface area (Å²) in [4.78, 5) is 29.1. The molecule has 3 rings (SSSR count). The summed E-state index contributed by atoms with van der Waals surface area (Å²) in [6.07, 6.45) is 6.77. The van der Waals surface area contributed by atoms with E-state index in [2.05, 4.69) is 30.8 Å². The van der Waals surface area contributed by atoms with Gasteiger partial charge in [-0.2, -0.15) is 0 Å². The lowest BCUT2D eigenvalue weighted by Crippen LogP contribution is -2.50. The molecule has 0 bridgehead atoms. The average molecular weight is 340 g/mol. The minimum atomic E-state index is -0.332. The van der Waals surface area contributed by atoms with Crippen LogP contribution in [0.2, 0.25) is 0 Å². The molecular weight excluding hydrogens is 312 g/mol. The Morgan fingerprint density at radius 1 is 1.20 bits per heavy atom. The Balaban J connectivity index is 1.56. The van der Waals surface area contributed by atoms with E-state index in [0.29, 0.717) is 19.5 Å². The average Bonchev–Trinajstić information content (AvgIpc) is 3.05. The highest BCUT2D eigenvalue weighted by molar-refractivity contribution is 5.86. The highest BCUT2D eigenvalue weighted by Crippen LogP contribution is 2.40. The van der Waals surface area contributed by atoms with Gasteiger partial charge < -0.3 is 9.80 Å². The summed E-state index contributed by atoms with van der Waals surface area (Å²) in [6.45, 7) is 6.61. The van der Waals surface area contributed by atoms with Crippen LogP contribution in [-0.2, 0) is 16.0 Å². The molecule has 2 saturated heterocycles. The molecule has 1 aromatic carbocycles. The molecule has 0 N–H and O–H groups in total. The molecule has 0 unspecified atom stereocenters. The fraction of sp³-hybridized carbons (Fsp3) is 0.524. The highest BCUT2D eigenvalue weighted by Gasteiger charge is 2.48. The molecule has 1 spiro atoms. The topological polar surface area (TPSA) is 40.6 Å². The Hall–Kier alpha value is -2.10. The van der Waals surface area contributed by atoms with Crippen LogP contribution in [-0.4, -0.2) is 47.8 Å². The quantitative estimate of drug-likeness (QED) is 0.747. The Morgan fingerprint density at radius 3 is 2.76 bits per heavy atom. The van der Waals surface area contributed by atoms with E-state index in [9.17, 15) is 9.59 Å². The van der Waals surface area contributed by atoms with Gasteiger partial charge >= 0.3 is 0 Å². The molecule has 4 nitrogen and oxygen atoms in total. The van der Waals surface area contributed by atoms with Crippen LogP contribution in [0.5, 0.6) is 0 Å². The van der Waals surface area contributed by atoms with Crippen molar-refractivity contribution in [2.24, 2.45) is 5.41 Å². The third-order valence-electron chi connectivity index (χ3n) is 5.59. The second-order valence-corrected chi connectivity index (χ2v) is 7.32. The van der Waals surface area contributed by atoms with E-state index in [0.717, 1.165) is 45.2 Å². The zero-order valence-corrected chi connectivity index (χ0v) is 15.0. The van der Waals surface area contributed by atoms with Crippen LogP contribution in [0.3, 0.4) is 0 Å². The molecule has 0 aromatic heterocycles. The normalized spacial score (nSPS) is 23.3. The van der Waals surface area contributed by atoms with Crippen molar-refractivity contribution in [3.8, 4) is 0 Å². The minimum Gasteiger partial charge on any atom is -0.342 e. The maximum atomic E-state index is 13.1. The number of rotatable bonds is 6. The van der Waals surface area contributed by atoms with Crippen molar-refractivity contribution >= 4 is 11.8 Å². The first-order valence-corrected chi connectivity index (χ1v) is 9.37. The van der Waals surface area contributed by atoms with Gasteiger partial charge in [-0.05, 0) is 37.7 Å². The number of aryl methyl sites for hydroxylation is 1. The van der Waals surface area contributed by atoms with E-state index in [1.165, 1.54) is 5.56 Å². The molecule has 2 aliphatic heterocycles. The highest BCUT2D eigenvalue weighted by atomic mass is 16.2. The first-order chi connectivity index (χ1) is 12.1. The summed E-state index contributed by atoms with van der Waals surface area (Å²) in [5.41, 5.74) is 0.991. The number of hydrogen-bond donors (Lipinski definition) is 0. The van der Waals surface area contributed by atoms with Gasteiger partial charge in [0.25, 0.3) is 0 Å². The molecule has 134 valence electrons. The van der Waals surface area contributed by atoms with Crippen molar-refractivity contribution in [1.29, 1.82) is 0 Å². The second-order valence-electron chi connectivity index (χ2n) is 7.32. The number of amides is 2. The number of piperidine rings is 1. The summed E-state index contributed by atoms with van der Waals surface area (Å²) in [5, 5.41) is 0. The first kappa shape index (κ1) is 17.7. The van der Waals surface area contributed by atoms with Crippen LogP contribution < -0.4 is 0 Å². The maximum Gasteiger partial charge on any atom is 0.230 e. The molecule has 2 heterocycles. The van der Waals surface area contributed by atoms with Gasteiger partial charge in [0, 0.05) is 32.6 Å². The van der Waals surface area contributed by atoms with Crippen LogP contribution in [0, 0.1) is 5.41 Å². The summed E-state index contributed by atoms with van der Waals surface area (Å²) < 4.78 is 0. The van der Waals surface area contributed by atoms with Crippen LogP contribution >= 0.6 is 0 Å². The number of benzene rings is 1. The predicted octanol–water partition coefficient (Wildman–Crippen LogP) is 3.04. The molecule has 2 amide bonds. The molecule has 25 heavy (non-hydrogen) atoms. The molecule has 1 aromatic rings. The lowest BCUT2D eigenvalue weighted by molar-refractivity contribution is -0.146. The fourth-order valence-electron chi connectivity index (χ4n) is 4.20. The molecular formula is C21H28N2O2. The zero-order valence-electron chi connectivity index (χ0n) is 15.0. The third-order valence-corrected chi connectivity index (χ3v) is 5.59. The van der Waals surface area contributed by atoms with E-state index >= 15 is 0 Å². The van der Waals surface area contributed by atoms with Crippen molar-refractivity contribution in [2.45, 2.75) is 38.5 Å². The summed E-state index contributed by atoms with van der Waals surface area (Å²) in [6, 6.07) is 10.4. The number of carbonyl (C=O) groups is 2. The van der Waals surface area contributed by atoms with E-state index in [4.69, 9.17) is 0 Å². The van der Waals surface area contributed by atoms with Gasteiger partial charge in [-0.15, -0.1) is 6.58 Å². The number of nitrogens with zero attached hydrogens (tertiary/aromatic N) is 2. The minimum absolute atomic E-state index is 0.0980. The van der Waals surface area contributed by atoms with E-state index in [-0.39, 0.29) is 17.2 Å². The van der Waals surface area contributed by atoms with Crippen LogP contribution in [0.25, 0.3) is 0 Å². The Kier molecular flexibility index (Phi) is 5.57. The zero-order chi connectivity index (χ0) is 17.7. The maximum absolute atomic E-state index is 13.1. The van der Waals surface area contributed by atoms with E-state index in [1.54, 1.807) is 6.08 Å². The van der Waals surface area contributed by atoms with Crippen LogP contribution in [0.1, 0.15) is 37.7 Å². The summed E-state index contributed by atoms with van der Waals surface area (Å²) in [5.74, 6) is 0.363. The summed E-state index contributed by atoms with van der Waals surface area (Å²) >= 11 is 0. The lowest BCUT2D eigenvalue weighted by Gasteiger charge is -2.39. The van der Waals surface area contributed by atoms with Gasteiger partial charge in [-0.1, -0.05) is 36.4 Å². The monoisotopic (exact) mass is 340 g/mol. The van der Waals surface area contributed by atoms with Crippen molar-refractivity contribution in [3.63, 3.8) is 0 Å². The van der Waals surface area contributed by atoms with Crippen LogP contribution in [0.4, 0.5) is 0 Å². The lowest BCUT2D eigenvalue weighted by atomic mass is 9.78. The van der Waals surface area contributed by atoms with E-state index in [1.807, 2.05) is 15.9 Å². The summed E-state index contributed by atoms with van der Waals surface area (Å²) in [7, 11) is 0. The number of carbonyl (C=O) groups excluding carboxylic acids is 2. The predicted molar refractivity (Wildman–Crippen MR) is 99.0 cm³/mol. The number of hydrogen-bond acceptors (Lipinski definition) is 2. The van der Waals surface area contributed by atoms with Gasteiger partial charge in [0.1, 0.15) is 0 Å². The van der Waals surface area contributed by atoms with Gasteiger partial charge in [0.2, 0.25) is 11.8 Å². The molecule has 2 fully saturated rings. The van der Waals surface area contributed by atoms with Gasteiger partial charge in [-0.3, -0.25) is 9.59 Å². The van der Waals surface area contributed by atoms with E-state index < -0.39 is 0 Å². The second kappa shape index (κ2) is 7.85. The Morgan fingerprint density at radius 2 is 2.00 bits per heavy atom. The fourth-order valence-corrected chi connectivity index (χ4v) is 4.20. The molecule has 0 radical (unpaired) electrons. The molecule has 2 aliphatic rings. The SMILES string of the molecule is C=CCC(=O)N1CC[C@@]2(CCCN(CCCc3ccccc3)C2=O)C1. The molecule has 4 heteroatoms. The van der Waals surface area contributed by atoms with Gasteiger partial charge in [-0.25, -0.2) is 0 Å². The largest absolute Gasteiger partial charge is 0.342 e. The number of likely N-dealkylation sites (tertiary alicyclic amines) is 2. The molecule has 1 atom stereocenters. The Bertz CT molecular complexity index is 628. The van der Waals surface area contributed by atoms with Crippen molar-refractivity contribution in [2.75, 3.05) is 26.2 Å². The third kappa shape index (κ3) is 3.94. The van der Waals surface area contributed by atoms with Crippen molar-refractivity contribution < 1.29 is 9.59 Å². The standard InChI is InChI=1S/C21H28N2O2/c1-2-8-19(24)23-16-13-21(17-23)12-7-15-22(20(21)25)14-6-11-18-9-4-3-5-10-18/h2-5,9-10H,1,6-8,11-17H2/t21-/m0/s1.